The van der Waals surface area contributed by atoms with Crippen molar-refractivity contribution in [1.29, 1.82) is 0 Å². The average Bonchev–Trinajstić information content (AvgIpc) is 3.30. The fourth-order valence-corrected chi connectivity index (χ4v) is 4.02. The summed E-state index contributed by atoms with van der Waals surface area (Å²) in [6, 6.07) is 6.63. The van der Waals surface area contributed by atoms with E-state index in [0.29, 0.717) is 19.1 Å². The minimum absolute atomic E-state index is 0.00662. The fraction of sp³-hybridized carbons (Fsp3) is 0.632. The molecule has 4 rings (SSSR count). The molecule has 3 aliphatic rings. The number of halogens is 1. The van der Waals surface area contributed by atoms with Gasteiger partial charge in [-0.3, -0.25) is 4.99 Å². The molecule has 0 aromatic heterocycles. The number of piperazine rings is 1. The Morgan fingerprint density at radius 3 is 2.54 bits per heavy atom. The summed E-state index contributed by atoms with van der Waals surface area (Å²) in [6.07, 6.45) is 4.35. The van der Waals surface area contributed by atoms with Crippen LogP contribution >= 0.6 is 0 Å². The van der Waals surface area contributed by atoms with Gasteiger partial charge >= 0.3 is 0 Å². The number of hydrogen-bond acceptors (Lipinski definition) is 4. The summed E-state index contributed by atoms with van der Waals surface area (Å²) in [5.74, 6) is 0.0245. The highest BCUT2D eigenvalue weighted by molar-refractivity contribution is 5.78. The Bertz CT molecular complexity index is 637. The molecular formula is C19H27FN4O2. The molecule has 6 nitrogen and oxygen atoms in total. The topological polar surface area (TPSA) is 63.3 Å². The molecule has 142 valence electrons. The lowest BCUT2D eigenvalue weighted by atomic mass is 10.2. The van der Waals surface area contributed by atoms with E-state index in [2.05, 4.69) is 14.8 Å². The van der Waals surface area contributed by atoms with Crippen molar-refractivity contribution in [2.45, 2.75) is 37.6 Å². The van der Waals surface area contributed by atoms with Crippen molar-refractivity contribution in [2.24, 2.45) is 10.7 Å². The number of aliphatic imine (C=N–C) groups is 1. The number of hydrogen-bond donors (Lipinski definition) is 1. The van der Waals surface area contributed by atoms with Gasteiger partial charge in [0.2, 0.25) is 0 Å². The van der Waals surface area contributed by atoms with Gasteiger partial charge in [-0.2, -0.15) is 0 Å². The van der Waals surface area contributed by atoms with Gasteiger partial charge in [0.15, 0.2) is 11.7 Å². The highest BCUT2D eigenvalue weighted by Crippen LogP contribution is 2.39. The van der Waals surface area contributed by atoms with Crippen LogP contribution in [0.2, 0.25) is 0 Å². The van der Waals surface area contributed by atoms with Crippen molar-refractivity contribution in [3.05, 3.63) is 30.1 Å². The van der Waals surface area contributed by atoms with Crippen LogP contribution in [0.1, 0.15) is 25.7 Å². The van der Waals surface area contributed by atoms with Crippen LogP contribution in [0.25, 0.3) is 0 Å². The van der Waals surface area contributed by atoms with Crippen molar-refractivity contribution in [2.75, 3.05) is 44.2 Å². The molecule has 0 amide bonds. The largest absolute Gasteiger partial charge is 0.370 e. The van der Waals surface area contributed by atoms with E-state index in [1.54, 1.807) is 0 Å². The van der Waals surface area contributed by atoms with Gasteiger partial charge in [-0.25, -0.2) is 4.39 Å². The van der Waals surface area contributed by atoms with Gasteiger partial charge < -0.3 is 25.0 Å². The quantitative estimate of drug-likeness (QED) is 0.658. The number of nitrogens with zero attached hydrogens (tertiary/aromatic N) is 3. The van der Waals surface area contributed by atoms with Crippen LogP contribution in [0.3, 0.4) is 0 Å². The van der Waals surface area contributed by atoms with E-state index in [1.165, 1.54) is 25.0 Å². The monoisotopic (exact) mass is 362 g/mol. The van der Waals surface area contributed by atoms with Crippen molar-refractivity contribution >= 4 is 11.6 Å². The Kier molecular flexibility index (Phi) is 5.00. The predicted octanol–water partition coefficient (Wildman–Crippen LogP) is 1.95. The third-order valence-electron chi connectivity index (χ3n) is 5.53. The number of ether oxygens (including phenoxy) is 2. The van der Waals surface area contributed by atoms with E-state index < -0.39 is 0 Å². The normalized spacial score (nSPS) is 26.0. The van der Waals surface area contributed by atoms with E-state index in [0.717, 1.165) is 44.7 Å². The van der Waals surface area contributed by atoms with Gasteiger partial charge in [-0.1, -0.05) is 0 Å². The Hall–Kier alpha value is -1.86. The van der Waals surface area contributed by atoms with Gasteiger partial charge in [0.1, 0.15) is 11.9 Å². The van der Waals surface area contributed by atoms with Crippen LogP contribution in [-0.2, 0) is 9.47 Å². The molecule has 0 radical (unpaired) electrons. The minimum Gasteiger partial charge on any atom is -0.370 e. The molecule has 0 bridgehead atoms. The lowest BCUT2D eigenvalue weighted by molar-refractivity contribution is -0.160. The fourth-order valence-electron chi connectivity index (χ4n) is 4.02. The third-order valence-corrected chi connectivity index (χ3v) is 5.53. The zero-order valence-corrected chi connectivity index (χ0v) is 15.1. The molecule has 26 heavy (non-hydrogen) atoms. The van der Waals surface area contributed by atoms with Gasteiger partial charge in [-0.15, -0.1) is 0 Å². The summed E-state index contributed by atoms with van der Waals surface area (Å²) in [7, 11) is 0. The lowest BCUT2D eigenvalue weighted by Crippen LogP contribution is -2.51. The summed E-state index contributed by atoms with van der Waals surface area (Å²) < 4.78 is 25.0. The first-order chi connectivity index (χ1) is 12.6. The molecule has 1 aromatic carbocycles. The second-order valence-corrected chi connectivity index (χ2v) is 7.32. The standard InChI is InChI=1S/C19H27FN4O2/c20-15-3-5-16(6-4-15)23-9-11-24(12-10-23)18(21)22-13-17-14-25-19(26-17)7-1-2-8-19/h3-6,17H,1-2,7-14H2,(H2,21,22). The maximum atomic E-state index is 13.1. The first-order valence-electron chi connectivity index (χ1n) is 9.51. The highest BCUT2D eigenvalue weighted by Gasteiger charge is 2.43. The third kappa shape index (κ3) is 3.78. The summed E-state index contributed by atoms with van der Waals surface area (Å²) in [4.78, 5) is 8.88. The van der Waals surface area contributed by atoms with Crippen LogP contribution in [-0.4, -0.2) is 62.1 Å². The van der Waals surface area contributed by atoms with E-state index in [1.807, 2.05) is 12.1 Å². The molecule has 7 heteroatoms. The minimum atomic E-state index is -0.338. The van der Waals surface area contributed by atoms with Crippen molar-refractivity contribution in [3.63, 3.8) is 0 Å². The molecule has 2 saturated heterocycles. The zero-order chi connectivity index (χ0) is 18.0. The van der Waals surface area contributed by atoms with Crippen LogP contribution in [0, 0.1) is 5.82 Å². The maximum Gasteiger partial charge on any atom is 0.191 e. The maximum absolute atomic E-state index is 13.1. The summed E-state index contributed by atoms with van der Waals surface area (Å²) in [6.45, 7) is 4.44. The Morgan fingerprint density at radius 2 is 1.85 bits per heavy atom. The number of nitrogens with two attached hydrogens (primary N) is 1. The first kappa shape index (κ1) is 17.5. The van der Waals surface area contributed by atoms with Crippen LogP contribution < -0.4 is 10.6 Å². The second-order valence-electron chi connectivity index (χ2n) is 7.32. The van der Waals surface area contributed by atoms with E-state index in [4.69, 9.17) is 15.2 Å². The summed E-state index contributed by atoms with van der Waals surface area (Å²) in [5.41, 5.74) is 7.23. The molecule has 1 spiro atoms. The molecule has 2 aliphatic heterocycles. The molecule has 3 fully saturated rings. The van der Waals surface area contributed by atoms with E-state index in [9.17, 15) is 4.39 Å². The number of guanidine groups is 1. The summed E-state index contributed by atoms with van der Waals surface area (Å²) in [5, 5.41) is 0. The smallest absolute Gasteiger partial charge is 0.191 e. The Labute approximate surface area is 153 Å². The van der Waals surface area contributed by atoms with Gasteiger partial charge in [0.25, 0.3) is 0 Å². The number of rotatable bonds is 3. The lowest BCUT2D eigenvalue weighted by Gasteiger charge is -2.36. The number of anilines is 1. The molecule has 2 heterocycles. The molecule has 1 unspecified atom stereocenters. The zero-order valence-electron chi connectivity index (χ0n) is 15.1. The van der Waals surface area contributed by atoms with Crippen LogP contribution in [0.5, 0.6) is 0 Å². The van der Waals surface area contributed by atoms with Crippen LogP contribution in [0.4, 0.5) is 10.1 Å². The van der Waals surface area contributed by atoms with E-state index >= 15 is 0 Å². The first-order valence-corrected chi connectivity index (χ1v) is 9.51. The van der Waals surface area contributed by atoms with Crippen molar-refractivity contribution < 1.29 is 13.9 Å². The molecule has 2 N–H and O–H groups in total. The molecule has 1 aliphatic carbocycles. The number of benzene rings is 1. The second kappa shape index (κ2) is 7.40. The van der Waals surface area contributed by atoms with E-state index in [-0.39, 0.29) is 17.7 Å². The van der Waals surface area contributed by atoms with Crippen LogP contribution in [0.15, 0.2) is 29.3 Å². The Balaban J connectivity index is 1.26. The van der Waals surface area contributed by atoms with Gasteiger partial charge in [-0.05, 0) is 37.1 Å². The highest BCUT2D eigenvalue weighted by atomic mass is 19.1. The SMILES string of the molecule is NC(=NCC1COC2(CCCC2)O1)N1CCN(c2ccc(F)cc2)CC1. The van der Waals surface area contributed by atoms with Gasteiger partial charge in [0, 0.05) is 44.7 Å². The molecule has 1 aromatic rings. The molecule has 1 atom stereocenters. The Morgan fingerprint density at radius 1 is 1.15 bits per heavy atom. The van der Waals surface area contributed by atoms with Crippen molar-refractivity contribution in [3.8, 4) is 0 Å². The predicted molar refractivity (Wildman–Crippen MR) is 98.7 cm³/mol. The summed E-state index contributed by atoms with van der Waals surface area (Å²) >= 11 is 0. The average molecular weight is 362 g/mol. The molecule has 1 saturated carbocycles. The van der Waals surface area contributed by atoms with Gasteiger partial charge in [0.05, 0.1) is 13.2 Å². The molecular weight excluding hydrogens is 335 g/mol. The van der Waals surface area contributed by atoms with Crippen molar-refractivity contribution in [1.82, 2.24) is 4.90 Å².